The van der Waals surface area contributed by atoms with Crippen LogP contribution in [0.25, 0.3) is 6.08 Å². The summed E-state index contributed by atoms with van der Waals surface area (Å²) in [4.78, 5) is 12.3. The number of rotatable bonds is 6. The molecule has 0 spiro atoms. The number of anilines is 1. The van der Waals surface area contributed by atoms with Crippen LogP contribution >= 0.6 is 11.6 Å². The summed E-state index contributed by atoms with van der Waals surface area (Å²) in [5.41, 5.74) is 4.68. The summed E-state index contributed by atoms with van der Waals surface area (Å²) in [7, 11) is 0. The Morgan fingerprint density at radius 1 is 1.36 bits per heavy atom. The van der Waals surface area contributed by atoms with Gasteiger partial charge < -0.3 is 5.32 Å². The fourth-order valence-electron chi connectivity index (χ4n) is 2.75. The van der Waals surface area contributed by atoms with Gasteiger partial charge in [0.25, 0.3) is 0 Å². The van der Waals surface area contributed by atoms with Crippen molar-refractivity contribution >= 4 is 29.3 Å². The number of hydrogen-bond donors (Lipinski definition) is 1. The van der Waals surface area contributed by atoms with Crippen LogP contribution in [0.4, 0.5) is 5.69 Å². The second-order valence-corrected chi connectivity index (χ2v) is 7.01. The van der Waals surface area contributed by atoms with Crippen molar-refractivity contribution in [1.29, 1.82) is 0 Å². The number of benzene rings is 1. The molecule has 1 N–H and O–H groups in total. The van der Waals surface area contributed by atoms with Crippen molar-refractivity contribution in [3.63, 3.8) is 0 Å². The first-order valence-electron chi connectivity index (χ1n) is 8.63. The summed E-state index contributed by atoms with van der Waals surface area (Å²) in [5, 5.41) is 8.01. The van der Waals surface area contributed by atoms with Gasteiger partial charge in [-0.15, -0.1) is 0 Å². The van der Waals surface area contributed by atoms with E-state index in [-0.39, 0.29) is 5.91 Å². The maximum atomic E-state index is 12.3. The Kier molecular flexibility index (Phi) is 6.43. The lowest BCUT2D eigenvalue weighted by Crippen LogP contribution is -2.11. The summed E-state index contributed by atoms with van der Waals surface area (Å²) in [5.74, 6) is 0.279. The molecule has 2 rings (SSSR count). The van der Waals surface area contributed by atoms with Crippen LogP contribution in [-0.4, -0.2) is 15.7 Å². The minimum Gasteiger partial charge on any atom is -0.322 e. The molecule has 0 bridgehead atoms. The van der Waals surface area contributed by atoms with Gasteiger partial charge in [0.1, 0.15) is 5.15 Å². The summed E-state index contributed by atoms with van der Waals surface area (Å²) >= 11 is 6.41. The number of amides is 1. The first kappa shape index (κ1) is 19.3. The van der Waals surface area contributed by atoms with Crippen LogP contribution < -0.4 is 5.32 Å². The van der Waals surface area contributed by atoms with Crippen molar-refractivity contribution in [3.8, 4) is 0 Å². The standard InChI is InChI=1S/C20H26ClN3O/c1-6-16-9-7-8-14(4)19(16)22-18(25)11-10-17-15(5)23-24(20(17)21)12-13(2)3/h7-11,13H,6,12H2,1-5H3,(H,22,25)/b11-10+. The van der Waals surface area contributed by atoms with Gasteiger partial charge in [0.15, 0.2) is 0 Å². The highest BCUT2D eigenvalue weighted by atomic mass is 35.5. The largest absolute Gasteiger partial charge is 0.322 e. The second-order valence-electron chi connectivity index (χ2n) is 6.65. The van der Waals surface area contributed by atoms with E-state index in [1.807, 2.05) is 32.0 Å². The highest BCUT2D eigenvalue weighted by Crippen LogP contribution is 2.23. The van der Waals surface area contributed by atoms with Crippen molar-refractivity contribution < 1.29 is 4.79 Å². The predicted octanol–water partition coefficient (Wildman–Crippen LogP) is 5.02. The fourth-order valence-corrected chi connectivity index (χ4v) is 3.06. The smallest absolute Gasteiger partial charge is 0.248 e. The third kappa shape index (κ3) is 4.73. The van der Waals surface area contributed by atoms with E-state index in [0.717, 1.165) is 41.0 Å². The molecular weight excluding hydrogens is 334 g/mol. The number of aryl methyl sites for hydroxylation is 3. The monoisotopic (exact) mass is 359 g/mol. The van der Waals surface area contributed by atoms with Gasteiger partial charge in [0.05, 0.1) is 5.69 Å². The van der Waals surface area contributed by atoms with E-state index in [0.29, 0.717) is 11.1 Å². The average Bonchev–Trinajstić information content (AvgIpc) is 2.80. The first-order chi connectivity index (χ1) is 11.8. The Hall–Kier alpha value is -2.07. The average molecular weight is 360 g/mol. The number of hydrogen-bond acceptors (Lipinski definition) is 2. The number of para-hydroxylation sites is 1. The third-order valence-electron chi connectivity index (χ3n) is 4.04. The topological polar surface area (TPSA) is 46.9 Å². The molecule has 0 saturated heterocycles. The van der Waals surface area contributed by atoms with Gasteiger partial charge in [-0.1, -0.05) is 50.6 Å². The third-order valence-corrected chi connectivity index (χ3v) is 4.44. The zero-order valence-corrected chi connectivity index (χ0v) is 16.3. The van der Waals surface area contributed by atoms with Crippen LogP contribution in [0.1, 0.15) is 43.2 Å². The molecule has 4 nitrogen and oxygen atoms in total. The quantitative estimate of drug-likeness (QED) is 0.736. The van der Waals surface area contributed by atoms with Crippen molar-refractivity contribution in [2.75, 3.05) is 5.32 Å². The molecule has 25 heavy (non-hydrogen) atoms. The Bertz CT molecular complexity index is 790. The molecule has 1 heterocycles. The molecular formula is C20H26ClN3O. The molecule has 1 aromatic heterocycles. The van der Waals surface area contributed by atoms with Gasteiger partial charge in [0.2, 0.25) is 5.91 Å². The lowest BCUT2D eigenvalue weighted by Gasteiger charge is -2.11. The highest BCUT2D eigenvalue weighted by Gasteiger charge is 2.13. The van der Waals surface area contributed by atoms with E-state index in [1.54, 1.807) is 10.8 Å². The molecule has 1 amide bonds. The number of nitrogens with one attached hydrogen (secondary N) is 1. The number of nitrogens with zero attached hydrogens (tertiary/aromatic N) is 2. The van der Waals surface area contributed by atoms with E-state index in [2.05, 4.69) is 31.2 Å². The molecule has 5 heteroatoms. The van der Waals surface area contributed by atoms with E-state index < -0.39 is 0 Å². The molecule has 0 aliphatic carbocycles. The van der Waals surface area contributed by atoms with Crippen molar-refractivity contribution in [2.45, 2.75) is 47.6 Å². The summed E-state index contributed by atoms with van der Waals surface area (Å²) in [6.45, 7) is 11.0. The molecule has 0 atom stereocenters. The number of carbonyl (C=O) groups is 1. The van der Waals surface area contributed by atoms with Crippen molar-refractivity contribution in [1.82, 2.24) is 9.78 Å². The van der Waals surface area contributed by atoms with Gasteiger partial charge >= 0.3 is 0 Å². The minimum atomic E-state index is -0.170. The highest BCUT2D eigenvalue weighted by molar-refractivity contribution is 6.31. The van der Waals surface area contributed by atoms with Gasteiger partial charge in [-0.3, -0.25) is 9.48 Å². The maximum Gasteiger partial charge on any atom is 0.248 e. The molecule has 2 aromatic rings. The van der Waals surface area contributed by atoms with Crippen LogP contribution in [-0.2, 0) is 17.8 Å². The Morgan fingerprint density at radius 2 is 2.08 bits per heavy atom. The molecule has 134 valence electrons. The number of halogens is 1. The zero-order chi connectivity index (χ0) is 18.6. The Morgan fingerprint density at radius 3 is 2.72 bits per heavy atom. The fraction of sp³-hybridized carbons (Fsp3) is 0.400. The normalized spacial score (nSPS) is 11.5. The van der Waals surface area contributed by atoms with Crippen LogP contribution in [0.15, 0.2) is 24.3 Å². The lowest BCUT2D eigenvalue weighted by atomic mass is 10.1. The first-order valence-corrected chi connectivity index (χ1v) is 9.01. The summed E-state index contributed by atoms with van der Waals surface area (Å²) in [6.07, 6.45) is 4.12. The molecule has 0 aliphatic rings. The van der Waals surface area contributed by atoms with Crippen LogP contribution in [0.3, 0.4) is 0 Å². The zero-order valence-electron chi connectivity index (χ0n) is 15.6. The van der Waals surface area contributed by atoms with E-state index in [1.165, 1.54) is 6.08 Å². The van der Waals surface area contributed by atoms with E-state index >= 15 is 0 Å². The molecule has 0 aliphatic heterocycles. The van der Waals surface area contributed by atoms with E-state index in [9.17, 15) is 4.79 Å². The lowest BCUT2D eigenvalue weighted by molar-refractivity contribution is -0.111. The van der Waals surface area contributed by atoms with Crippen molar-refractivity contribution in [2.24, 2.45) is 5.92 Å². The van der Waals surface area contributed by atoms with Crippen LogP contribution in [0.5, 0.6) is 0 Å². The summed E-state index contributed by atoms with van der Waals surface area (Å²) < 4.78 is 1.79. The number of carbonyl (C=O) groups excluding carboxylic acids is 1. The molecule has 0 unspecified atom stereocenters. The molecule has 0 saturated carbocycles. The van der Waals surface area contributed by atoms with E-state index in [4.69, 9.17) is 11.6 Å². The SMILES string of the molecule is CCc1cccc(C)c1NC(=O)/C=C/c1c(C)nn(CC(C)C)c1Cl. The minimum absolute atomic E-state index is 0.170. The maximum absolute atomic E-state index is 12.3. The predicted molar refractivity (Wildman–Crippen MR) is 105 cm³/mol. The van der Waals surface area contributed by atoms with Gasteiger partial charge in [0, 0.05) is 23.9 Å². The molecule has 0 radical (unpaired) electrons. The summed E-state index contributed by atoms with van der Waals surface area (Å²) in [6, 6.07) is 6.03. The molecule has 1 aromatic carbocycles. The van der Waals surface area contributed by atoms with Crippen LogP contribution in [0.2, 0.25) is 5.15 Å². The van der Waals surface area contributed by atoms with Gasteiger partial charge in [-0.25, -0.2) is 0 Å². The van der Waals surface area contributed by atoms with Gasteiger partial charge in [-0.2, -0.15) is 5.10 Å². The number of aromatic nitrogens is 2. The second kappa shape index (κ2) is 8.34. The molecule has 0 fully saturated rings. The Labute approximate surface area is 154 Å². The van der Waals surface area contributed by atoms with Crippen LogP contribution in [0, 0.1) is 19.8 Å². The Balaban J connectivity index is 2.18. The van der Waals surface area contributed by atoms with Crippen molar-refractivity contribution in [3.05, 3.63) is 51.8 Å². The van der Waals surface area contributed by atoms with Gasteiger partial charge in [-0.05, 0) is 43.4 Å².